The number of amides is 1. The minimum Gasteiger partial charge on any atom is -0.497 e. The first kappa shape index (κ1) is 17.9. The van der Waals surface area contributed by atoms with Crippen LogP contribution >= 0.6 is 0 Å². The molecule has 0 fully saturated rings. The third kappa shape index (κ3) is 4.80. The van der Waals surface area contributed by atoms with Gasteiger partial charge in [-0.25, -0.2) is 0 Å². The molecule has 0 N–H and O–H groups in total. The maximum atomic E-state index is 12.4. The molecule has 1 amide bonds. The highest BCUT2D eigenvalue weighted by Crippen LogP contribution is 2.16. The number of rotatable bonds is 7. The largest absolute Gasteiger partial charge is 0.497 e. The standard InChI is InChI=1S/C19H25N3O2/c1-15(19(23)21(2)3)22(14-17-7-5-6-12-20-17)13-16-8-10-18(24-4)11-9-16/h5-12,15H,13-14H2,1-4H3/t15-/m0/s1. The topological polar surface area (TPSA) is 45.7 Å². The Morgan fingerprint density at radius 3 is 2.38 bits per heavy atom. The molecule has 0 aliphatic rings. The van der Waals surface area contributed by atoms with Crippen molar-refractivity contribution in [3.63, 3.8) is 0 Å². The van der Waals surface area contributed by atoms with Gasteiger partial charge in [0.1, 0.15) is 5.75 Å². The normalized spacial score (nSPS) is 12.0. The number of carbonyl (C=O) groups excluding carboxylic acids is 1. The molecule has 1 aromatic carbocycles. The molecule has 0 unspecified atom stereocenters. The summed E-state index contributed by atoms with van der Waals surface area (Å²) in [5.41, 5.74) is 2.08. The molecule has 1 aromatic heterocycles. The van der Waals surface area contributed by atoms with E-state index in [0.29, 0.717) is 13.1 Å². The van der Waals surface area contributed by atoms with Crippen LogP contribution in [0.2, 0.25) is 0 Å². The highest BCUT2D eigenvalue weighted by Gasteiger charge is 2.23. The van der Waals surface area contributed by atoms with Gasteiger partial charge in [0.2, 0.25) is 5.91 Å². The molecule has 128 valence electrons. The van der Waals surface area contributed by atoms with Gasteiger partial charge in [0, 0.05) is 33.4 Å². The zero-order valence-electron chi connectivity index (χ0n) is 14.8. The number of ether oxygens (including phenoxy) is 1. The lowest BCUT2D eigenvalue weighted by Crippen LogP contribution is -2.44. The quantitative estimate of drug-likeness (QED) is 0.784. The lowest BCUT2D eigenvalue weighted by atomic mass is 10.1. The smallest absolute Gasteiger partial charge is 0.239 e. The van der Waals surface area contributed by atoms with Crippen molar-refractivity contribution >= 4 is 5.91 Å². The second kappa shape index (κ2) is 8.45. The van der Waals surface area contributed by atoms with Crippen molar-refractivity contribution in [2.75, 3.05) is 21.2 Å². The molecule has 5 heteroatoms. The Morgan fingerprint density at radius 1 is 1.12 bits per heavy atom. The molecule has 0 bridgehead atoms. The molecule has 1 heterocycles. The van der Waals surface area contributed by atoms with E-state index in [2.05, 4.69) is 9.88 Å². The minimum absolute atomic E-state index is 0.0828. The second-order valence-corrected chi connectivity index (χ2v) is 5.98. The molecule has 0 aliphatic carbocycles. The molecule has 2 rings (SSSR count). The summed E-state index contributed by atoms with van der Waals surface area (Å²) in [5, 5.41) is 0. The fourth-order valence-electron chi connectivity index (χ4n) is 2.52. The molecule has 0 saturated carbocycles. The predicted molar refractivity (Wildman–Crippen MR) is 94.6 cm³/mol. The van der Waals surface area contributed by atoms with Gasteiger partial charge in [-0.1, -0.05) is 18.2 Å². The number of likely N-dealkylation sites (N-methyl/N-ethyl adjacent to an activating group) is 1. The maximum absolute atomic E-state index is 12.4. The van der Waals surface area contributed by atoms with E-state index in [1.54, 1.807) is 32.3 Å². The van der Waals surface area contributed by atoms with E-state index in [9.17, 15) is 4.79 Å². The summed E-state index contributed by atoms with van der Waals surface area (Å²) in [6.45, 7) is 3.23. The van der Waals surface area contributed by atoms with Crippen molar-refractivity contribution < 1.29 is 9.53 Å². The fraction of sp³-hybridized carbons (Fsp3) is 0.368. The lowest BCUT2D eigenvalue weighted by Gasteiger charge is -2.30. The number of carbonyl (C=O) groups is 1. The van der Waals surface area contributed by atoms with Gasteiger partial charge < -0.3 is 9.64 Å². The Morgan fingerprint density at radius 2 is 1.83 bits per heavy atom. The Balaban J connectivity index is 2.19. The lowest BCUT2D eigenvalue weighted by molar-refractivity contribution is -0.134. The van der Waals surface area contributed by atoms with Crippen LogP contribution in [0.3, 0.4) is 0 Å². The average molecular weight is 327 g/mol. The third-order valence-corrected chi connectivity index (χ3v) is 3.98. The molecule has 2 aromatic rings. The number of methoxy groups -OCH3 is 1. The zero-order valence-corrected chi connectivity index (χ0v) is 14.8. The number of aromatic nitrogens is 1. The highest BCUT2D eigenvalue weighted by atomic mass is 16.5. The van der Waals surface area contributed by atoms with Crippen LogP contribution < -0.4 is 4.74 Å². The van der Waals surface area contributed by atoms with Crippen molar-refractivity contribution in [3.05, 3.63) is 59.9 Å². The first-order valence-electron chi connectivity index (χ1n) is 7.99. The third-order valence-electron chi connectivity index (χ3n) is 3.98. The Hall–Kier alpha value is -2.40. The van der Waals surface area contributed by atoms with Gasteiger partial charge in [0.05, 0.1) is 18.8 Å². The summed E-state index contributed by atoms with van der Waals surface area (Å²) in [6, 6.07) is 13.5. The van der Waals surface area contributed by atoms with Gasteiger partial charge in [0.15, 0.2) is 0 Å². The summed E-state index contributed by atoms with van der Waals surface area (Å²) in [5.74, 6) is 0.909. The van der Waals surface area contributed by atoms with Crippen LogP contribution in [0.15, 0.2) is 48.7 Å². The Bertz CT molecular complexity index is 641. The summed E-state index contributed by atoms with van der Waals surface area (Å²) in [4.78, 5) is 20.6. The Kier molecular flexibility index (Phi) is 6.32. The first-order valence-corrected chi connectivity index (χ1v) is 7.99. The number of hydrogen-bond acceptors (Lipinski definition) is 4. The van der Waals surface area contributed by atoms with E-state index < -0.39 is 0 Å². The predicted octanol–water partition coefficient (Wildman–Crippen LogP) is 2.57. The molecule has 5 nitrogen and oxygen atoms in total. The molecule has 0 radical (unpaired) electrons. The van der Waals surface area contributed by atoms with Gasteiger partial charge in [0.25, 0.3) is 0 Å². The van der Waals surface area contributed by atoms with Gasteiger partial charge in [-0.15, -0.1) is 0 Å². The molecule has 1 atom stereocenters. The van der Waals surface area contributed by atoms with E-state index in [4.69, 9.17) is 4.74 Å². The van der Waals surface area contributed by atoms with Gasteiger partial charge in [-0.05, 0) is 36.8 Å². The monoisotopic (exact) mass is 327 g/mol. The number of nitrogens with zero attached hydrogens (tertiary/aromatic N) is 3. The summed E-state index contributed by atoms with van der Waals surface area (Å²) in [7, 11) is 5.22. The van der Waals surface area contributed by atoms with Gasteiger partial charge >= 0.3 is 0 Å². The van der Waals surface area contributed by atoms with Crippen LogP contribution in [0.25, 0.3) is 0 Å². The van der Waals surface area contributed by atoms with Crippen molar-refractivity contribution in [1.29, 1.82) is 0 Å². The average Bonchev–Trinajstić information content (AvgIpc) is 2.61. The summed E-state index contributed by atoms with van der Waals surface area (Å²) >= 11 is 0. The molecule has 0 spiro atoms. The minimum atomic E-state index is -0.232. The molecule has 0 aliphatic heterocycles. The molecular weight excluding hydrogens is 302 g/mol. The van der Waals surface area contributed by atoms with Crippen molar-refractivity contribution in [1.82, 2.24) is 14.8 Å². The van der Waals surface area contributed by atoms with E-state index >= 15 is 0 Å². The molecule has 24 heavy (non-hydrogen) atoms. The molecule has 0 saturated heterocycles. The van der Waals surface area contributed by atoms with Crippen molar-refractivity contribution in [3.8, 4) is 5.75 Å². The number of hydrogen-bond donors (Lipinski definition) is 0. The van der Waals surface area contributed by atoms with E-state index in [0.717, 1.165) is 17.0 Å². The van der Waals surface area contributed by atoms with Crippen LogP contribution in [0.4, 0.5) is 0 Å². The summed E-state index contributed by atoms with van der Waals surface area (Å²) in [6.07, 6.45) is 1.78. The van der Waals surface area contributed by atoms with E-state index in [1.807, 2.05) is 49.4 Å². The van der Waals surface area contributed by atoms with Gasteiger partial charge in [-0.2, -0.15) is 0 Å². The van der Waals surface area contributed by atoms with Crippen LogP contribution in [0.5, 0.6) is 5.75 Å². The SMILES string of the molecule is COc1ccc(CN(Cc2ccccn2)[C@@H](C)C(=O)N(C)C)cc1. The number of benzene rings is 1. The van der Waals surface area contributed by atoms with Crippen LogP contribution in [-0.2, 0) is 17.9 Å². The number of pyridine rings is 1. The van der Waals surface area contributed by atoms with Crippen molar-refractivity contribution in [2.45, 2.75) is 26.1 Å². The van der Waals surface area contributed by atoms with E-state index in [-0.39, 0.29) is 11.9 Å². The zero-order chi connectivity index (χ0) is 17.5. The Labute approximate surface area is 143 Å². The van der Waals surface area contributed by atoms with Crippen LogP contribution in [-0.4, -0.2) is 47.9 Å². The maximum Gasteiger partial charge on any atom is 0.239 e. The molecular formula is C19H25N3O2. The van der Waals surface area contributed by atoms with E-state index in [1.165, 1.54) is 0 Å². The summed E-state index contributed by atoms with van der Waals surface area (Å²) < 4.78 is 5.20. The first-order chi connectivity index (χ1) is 11.5. The van der Waals surface area contributed by atoms with Crippen LogP contribution in [0.1, 0.15) is 18.2 Å². The second-order valence-electron chi connectivity index (χ2n) is 5.98. The van der Waals surface area contributed by atoms with Gasteiger partial charge in [-0.3, -0.25) is 14.7 Å². The van der Waals surface area contributed by atoms with Crippen LogP contribution in [0, 0.1) is 0 Å². The fourth-order valence-corrected chi connectivity index (χ4v) is 2.52. The van der Waals surface area contributed by atoms with Crippen molar-refractivity contribution in [2.24, 2.45) is 0 Å². The highest BCUT2D eigenvalue weighted by molar-refractivity contribution is 5.80.